The fraction of sp³-hybridized carbons (Fsp3) is 0.280. The Bertz CT molecular complexity index is 1240. The first-order valence-corrected chi connectivity index (χ1v) is 11.6. The standard InChI is InChI=1S/C25H27N5O2S/c1-2-31-22-12-7-6-11-21(22)28-16-14-27(15-17-28)19-29-25(33)30(20-9-4-3-5-10-20)24(26-29)23-13-8-18-32-23/h3-13,18H,2,14-17,19H2,1H3. The predicted octanol–water partition coefficient (Wildman–Crippen LogP) is 4.84. The van der Waals surface area contributed by atoms with Crippen LogP contribution in [-0.4, -0.2) is 52.0 Å². The summed E-state index contributed by atoms with van der Waals surface area (Å²) >= 11 is 5.85. The van der Waals surface area contributed by atoms with Crippen molar-refractivity contribution in [2.24, 2.45) is 0 Å². The summed E-state index contributed by atoms with van der Waals surface area (Å²) in [7, 11) is 0. The van der Waals surface area contributed by atoms with E-state index >= 15 is 0 Å². The molecule has 2 aromatic heterocycles. The van der Waals surface area contributed by atoms with E-state index in [1.165, 1.54) is 0 Å². The Kier molecular flexibility index (Phi) is 6.28. The van der Waals surface area contributed by atoms with Gasteiger partial charge in [-0.25, -0.2) is 4.68 Å². The number of nitrogens with zero attached hydrogens (tertiary/aromatic N) is 5. The Hall–Kier alpha value is -3.36. The zero-order valence-corrected chi connectivity index (χ0v) is 19.4. The van der Waals surface area contributed by atoms with Crippen molar-refractivity contribution in [3.05, 3.63) is 77.8 Å². The van der Waals surface area contributed by atoms with Gasteiger partial charge in [-0.1, -0.05) is 30.3 Å². The molecule has 1 aliphatic heterocycles. The average Bonchev–Trinajstić information content (AvgIpc) is 3.49. The minimum atomic E-state index is 0.632. The molecule has 0 radical (unpaired) electrons. The van der Waals surface area contributed by atoms with Crippen molar-refractivity contribution in [1.82, 2.24) is 19.2 Å². The summed E-state index contributed by atoms with van der Waals surface area (Å²) in [6.07, 6.45) is 1.66. The van der Waals surface area contributed by atoms with Crippen LogP contribution >= 0.6 is 12.2 Å². The van der Waals surface area contributed by atoms with Crippen molar-refractivity contribution >= 4 is 17.9 Å². The van der Waals surface area contributed by atoms with Gasteiger partial charge in [0.1, 0.15) is 5.75 Å². The molecule has 33 heavy (non-hydrogen) atoms. The highest BCUT2D eigenvalue weighted by atomic mass is 32.1. The molecule has 0 bridgehead atoms. The van der Waals surface area contributed by atoms with Crippen molar-refractivity contribution in [2.75, 3.05) is 37.7 Å². The highest BCUT2D eigenvalue weighted by Crippen LogP contribution is 2.29. The molecule has 0 unspecified atom stereocenters. The summed E-state index contributed by atoms with van der Waals surface area (Å²) in [5.41, 5.74) is 2.13. The molecule has 0 aliphatic carbocycles. The number of furan rings is 1. The Morgan fingerprint density at radius 2 is 1.70 bits per heavy atom. The van der Waals surface area contributed by atoms with Gasteiger partial charge in [-0.05, 0) is 55.5 Å². The van der Waals surface area contributed by atoms with E-state index in [0.29, 0.717) is 29.6 Å². The van der Waals surface area contributed by atoms with Crippen LogP contribution in [0.5, 0.6) is 5.75 Å². The maximum Gasteiger partial charge on any atom is 0.204 e. The zero-order chi connectivity index (χ0) is 22.6. The van der Waals surface area contributed by atoms with Gasteiger partial charge in [-0.2, -0.15) is 0 Å². The number of para-hydroxylation sites is 3. The summed E-state index contributed by atoms with van der Waals surface area (Å²) < 4.78 is 16.0. The van der Waals surface area contributed by atoms with Crippen molar-refractivity contribution in [2.45, 2.75) is 13.6 Å². The van der Waals surface area contributed by atoms with Crippen LogP contribution in [0.2, 0.25) is 0 Å². The molecule has 0 saturated carbocycles. The minimum Gasteiger partial charge on any atom is -0.492 e. The van der Waals surface area contributed by atoms with E-state index in [1.807, 2.05) is 70.8 Å². The highest BCUT2D eigenvalue weighted by molar-refractivity contribution is 7.71. The van der Waals surface area contributed by atoms with Gasteiger partial charge in [0.05, 0.1) is 30.9 Å². The lowest BCUT2D eigenvalue weighted by Crippen LogP contribution is -2.47. The van der Waals surface area contributed by atoms with Crippen LogP contribution in [0, 0.1) is 4.77 Å². The van der Waals surface area contributed by atoms with E-state index in [9.17, 15) is 0 Å². The van der Waals surface area contributed by atoms with E-state index in [2.05, 4.69) is 21.9 Å². The summed E-state index contributed by atoms with van der Waals surface area (Å²) in [5.74, 6) is 2.35. The lowest BCUT2D eigenvalue weighted by atomic mass is 10.2. The number of anilines is 1. The second kappa shape index (κ2) is 9.64. The number of aromatic nitrogens is 3. The largest absolute Gasteiger partial charge is 0.492 e. The molecule has 8 heteroatoms. The van der Waals surface area contributed by atoms with Crippen LogP contribution in [0.4, 0.5) is 5.69 Å². The van der Waals surface area contributed by atoms with Crippen molar-refractivity contribution in [3.63, 3.8) is 0 Å². The number of piperazine rings is 1. The first kappa shape index (κ1) is 21.5. The van der Waals surface area contributed by atoms with Crippen LogP contribution in [-0.2, 0) is 6.67 Å². The normalized spacial score (nSPS) is 14.5. The van der Waals surface area contributed by atoms with Gasteiger partial charge in [0.25, 0.3) is 0 Å². The number of benzene rings is 2. The summed E-state index contributed by atoms with van der Waals surface area (Å²) in [4.78, 5) is 4.77. The summed E-state index contributed by atoms with van der Waals surface area (Å²) in [6.45, 7) is 6.98. The third-order valence-electron chi connectivity index (χ3n) is 5.81. The first-order valence-electron chi connectivity index (χ1n) is 11.2. The minimum absolute atomic E-state index is 0.632. The van der Waals surface area contributed by atoms with Gasteiger partial charge in [-0.15, -0.1) is 5.10 Å². The molecule has 0 amide bonds. The summed E-state index contributed by atoms with van der Waals surface area (Å²) in [5, 5.41) is 4.84. The smallest absolute Gasteiger partial charge is 0.204 e. The van der Waals surface area contributed by atoms with Gasteiger partial charge in [0.2, 0.25) is 10.6 Å². The van der Waals surface area contributed by atoms with Gasteiger partial charge < -0.3 is 14.1 Å². The topological polar surface area (TPSA) is 51.6 Å². The van der Waals surface area contributed by atoms with E-state index in [1.54, 1.807) is 6.26 Å². The van der Waals surface area contributed by atoms with Gasteiger partial charge in [0, 0.05) is 26.2 Å². The van der Waals surface area contributed by atoms with Gasteiger partial charge in [-0.3, -0.25) is 9.47 Å². The first-order chi connectivity index (χ1) is 16.2. The van der Waals surface area contributed by atoms with E-state index in [-0.39, 0.29) is 0 Å². The average molecular weight is 462 g/mol. The zero-order valence-electron chi connectivity index (χ0n) is 18.6. The Labute approximate surface area is 198 Å². The number of hydrogen-bond acceptors (Lipinski definition) is 6. The molecule has 4 aromatic rings. The Morgan fingerprint density at radius 1 is 0.939 bits per heavy atom. The maximum absolute atomic E-state index is 5.85. The molecule has 1 aliphatic rings. The van der Waals surface area contributed by atoms with Crippen LogP contribution in [0.25, 0.3) is 17.3 Å². The van der Waals surface area contributed by atoms with Crippen LogP contribution in [0.3, 0.4) is 0 Å². The van der Waals surface area contributed by atoms with Crippen LogP contribution < -0.4 is 9.64 Å². The van der Waals surface area contributed by atoms with Crippen LogP contribution in [0.1, 0.15) is 6.92 Å². The second-order valence-electron chi connectivity index (χ2n) is 7.90. The molecular weight excluding hydrogens is 434 g/mol. The third kappa shape index (κ3) is 4.44. The molecule has 1 fully saturated rings. The molecule has 2 aromatic carbocycles. The van der Waals surface area contributed by atoms with Crippen molar-refractivity contribution in [3.8, 4) is 23.0 Å². The number of hydrogen-bond donors (Lipinski definition) is 0. The molecule has 1 saturated heterocycles. The van der Waals surface area contributed by atoms with Crippen LogP contribution in [0.15, 0.2) is 77.4 Å². The number of ether oxygens (including phenoxy) is 1. The molecule has 0 N–H and O–H groups in total. The third-order valence-corrected chi connectivity index (χ3v) is 6.20. The van der Waals surface area contributed by atoms with E-state index in [4.69, 9.17) is 26.5 Å². The lowest BCUT2D eigenvalue weighted by Gasteiger charge is -2.36. The molecule has 0 spiro atoms. The molecule has 3 heterocycles. The SMILES string of the molecule is CCOc1ccccc1N1CCN(Cn2nc(-c3ccco3)n(-c3ccccc3)c2=S)CC1. The Balaban J connectivity index is 1.35. The molecule has 0 atom stereocenters. The monoisotopic (exact) mass is 461 g/mol. The Morgan fingerprint density at radius 3 is 2.42 bits per heavy atom. The fourth-order valence-corrected chi connectivity index (χ4v) is 4.48. The van der Waals surface area contributed by atoms with Crippen molar-refractivity contribution in [1.29, 1.82) is 0 Å². The van der Waals surface area contributed by atoms with Crippen molar-refractivity contribution < 1.29 is 9.15 Å². The lowest BCUT2D eigenvalue weighted by molar-refractivity contribution is 0.194. The number of rotatable bonds is 7. The second-order valence-corrected chi connectivity index (χ2v) is 8.27. The predicted molar refractivity (Wildman–Crippen MR) is 131 cm³/mol. The van der Waals surface area contributed by atoms with Gasteiger partial charge >= 0.3 is 0 Å². The fourth-order valence-electron chi connectivity index (χ4n) is 4.19. The maximum atomic E-state index is 5.85. The quantitative estimate of drug-likeness (QED) is 0.367. The van der Waals surface area contributed by atoms with E-state index < -0.39 is 0 Å². The highest BCUT2D eigenvalue weighted by Gasteiger charge is 2.22. The molecule has 5 rings (SSSR count). The van der Waals surface area contributed by atoms with E-state index in [0.717, 1.165) is 43.3 Å². The molecule has 170 valence electrons. The molecular formula is C25H27N5O2S. The summed E-state index contributed by atoms with van der Waals surface area (Å²) in [6, 6.07) is 22.1. The van der Waals surface area contributed by atoms with Gasteiger partial charge in [0.15, 0.2) is 5.76 Å². The molecule has 7 nitrogen and oxygen atoms in total.